The first kappa shape index (κ1) is 10.8. The number of aliphatic hydroxyl groups excluding tert-OH is 1. The minimum Gasteiger partial charge on any atom is -0.388 e. The van der Waals surface area contributed by atoms with Crippen LogP contribution in [0.5, 0.6) is 0 Å². The molecule has 0 aliphatic heterocycles. The Morgan fingerprint density at radius 2 is 1.88 bits per heavy atom. The molecule has 2 heteroatoms. The van der Waals surface area contributed by atoms with E-state index < -0.39 is 6.10 Å². The highest BCUT2D eigenvalue weighted by molar-refractivity contribution is 5.13. The molecule has 0 bridgehead atoms. The third-order valence-corrected chi connectivity index (χ3v) is 2.57. The van der Waals surface area contributed by atoms with Gasteiger partial charge in [0.05, 0.1) is 6.10 Å². The van der Waals surface area contributed by atoms with Gasteiger partial charge in [0.15, 0.2) is 18.9 Å². The largest absolute Gasteiger partial charge is 0.388 e. The number of pyridine rings is 1. The Hall–Kier alpha value is -1.67. The van der Waals surface area contributed by atoms with Crippen molar-refractivity contribution in [2.45, 2.75) is 19.6 Å². The topological polar surface area (TPSA) is 24.1 Å². The molecule has 1 heterocycles. The van der Waals surface area contributed by atoms with Crippen molar-refractivity contribution >= 4 is 0 Å². The Morgan fingerprint density at radius 3 is 2.56 bits per heavy atom. The van der Waals surface area contributed by atoms with E-state index in [-0.39, 0.29) is 0 Å². The molecule has 0 aliphatic rings. The van der Waals surface area contributed by atoms with Crippen LogP contribution in [0.4, 0.5) is 0 Å². The molecule has 1 unspecified atom stereocenters. The van der Waals surface area contributed by atoms with E-state index >= 15 is 0 Å². The first-order chi connectivity index (χ1) is 7.75. The van der Waals surface area contributed by atoms with Crippen LogP contribution >= 0.6 is 0 Å². The second-order valence-corrected chi connectivity index (χ2v) is 3.97. The normalized spacial score (nSPS) is 12.4. The molecule has 0 amide bonds. The molecule has 1 aromatic carbocycles. The predicted octanol–water partition coefficient (Wildman–Crippen LogP) is 2.08. The van der Waals surface area contributed by atoms with E-state index in [1.807, 2.05) is 42.7 Å². The Morgan fingerprint density at radius 1 is 1.12 bits per heavy atom. The van der Waals surface area contributed by atoms with E-state index in [1.165, 1.54) is 5.56 Å². The molecule has 0 radical (unpaired) electrons. The zero-order chi connectivity index (χ0) is 11.4. The maximum atomic E-state index is 9.50. The third-order valence-electron chi connectivity index (χ3n) is 2.57. The molecular weight excluding hydrogens is 198 g/mol. The fourth-order valence-corrected chi connectivity index (χ4v) is 1.68. The maximum absolute atomic E-state index is 9.50. The zero-order valence-electron chi connectivity index (χ0n) is 9.38. The number of hydrogen-bond acceptors (Lipinski definition) is 1. The summed E-state index contributed by atoms with van der Waals surface area (Å²) in [4.78, 5) is 0. The summed E-state index contributed by atoms with van der Waals surface area (Å²) in [5.74, 6) is 0. The number of aliphatic hydroxyl groups is 1. The van der Waals surface area contributed by atoms with Gasteiger partial charge < -0.3 is 5.11 Å². The van der Waals surface area contributed by atoms with Crippen molar-refractivity contribution in [3.8, 4) is 0 Å². The maximum Gasteiger partial charge on any atom is 0.174 e. The molecule has 0 saturated carbocycles. The highest BCUT2D eigenvalue weighted by atomic mass is 16.3. The van der Waals surface area contributed by atoms with Crippen LogP contribution in [0.25, 0.3) is 0 Å². The third kappa shape index (κ3) is 2.67. The van der Waals surface area contributed by atoms with Gasteiger partial charge in [-0.15, -0.1) is 0 Å². The quantitative estimate of drug-likeness (QED) is 0.777. The van der Waals surface area contributed by atoms with Gasteiger partial charge in [-0.25, -0.2) is 4.57 Å². The van der Waals surface area contributed by atoms with Gasteiger partial charge in [-0.2, -0.15) is 0 Å². The van der Waals surface area contributed by atoms with Crippen LogP contribution in [-0.4, -0.2) is 5.11 Å². The van der Waals surface area contributed by atoms with Crippen molar-refractivity contribution in [3.05, 3.63) is 66.0 Å². The molecule has 1 N–H and O–H groups in total. The fraction of sp³-hybridized carbons (Fsp3) is 0.214. The van der Waals surface area contributed by atoms with Gasteiger partial charge in [0.1, 0.15) is 0 Å². The van der Waals surface area contributed by atoms with Crippen molar-refractivity contribution in [2.24, 2.45) is 0 Å². The first-order valence-corrected chi connectivity index (χ1v) is 5.47. The van der Waals surface area contributed by atoms with Gasteiger partial charge in [0.25, 0.3) is 0 Å². The number of nitrogens with zero attached hydrogens (tertiary/aromatic N) is 1. The summed E-state index contributed by atoms with van der Waals surface area (Å²) < 4.78 is 2.08. The van der Waals surface area contributed by atoms with Gasteiger partial charge in [-0.3, -0.25) is 0 Å². The van der Waals surface area contributed by atoms with E-state index in [2.05, 4.69) is 16.7 Å². The molecule has 2 aromatic rings. The molecule has 1 aromatic heterocycles. The lowest BCUT2D eigenvalue weighted by molar-refractivity contribution is -0.688. The summed E-state index contributed by atoms with van der Waals surface area (Å²) in [7, 11) is 0. The van der Waals surface area contributed by atoms with Gasteiger partial charge in [0, 0.05) is 17.2 Å². The van der Waals surface area contributed by atoms with E-state index in [9.17, 15) is 5.11 Å². The molecular formula is C14H16NO+. The van der Waals surface area contributed by atoms with Crippen LogP contribution in [0.3, 0.4) is 0 Å². The summed E-state index contributed by atoms with van der Waals surface area (Å²) in [6.45, 7) is 2.61. The summed E-state index contributed by atoms with van der Waals surface area (Å²) in [6, 6.07) is 14.2. The van der Waals surface area contributed by atoms with Crippen molar-refractivity contribution < 1.29 is 9.67 Å². The lowest BCUT2D eigenvalue weighted by Gasteiger charge is -2.03. The smallest absolute Gasteiger partial charge is 0.174 e. The van der Waals surface area contributed by atoms with Crippen molar-refractivity contribution in [3.63, 3.8) is 0 Å². The second kappa shape index (κ2) is 4.90. The fourth-order valence-electron chi connectivity index (χ4n) is 1.68. The van der Waals surface area contributed by atoms with E-state index in [0.29, 0.717) is 0 Å². The summed E-state index contributed by atoms with van der Waals surface area (Å²) in [5, 5.41) is 9.50. The number of hydrogen-bond donors (Lipinski definition) is 1. The van der Waals surface area contributed by atoms with E-state index in [1.54, 1.807) is 6.92 Å². The van der Waals surface area contributed by atoms with Gasteiger partial charge >= 0.3 is 0 Å². The van der Waals surface area contributed by atoms with Crippen molar-refractivity contribution in [1.82, 2.24) is 0 Å². The average molecular weight is 214 g/mol. The van der Waals surface area contributed by atoms with Crippen LogP contribution in [0.1, 0.15) is 24.2 Å². The molecule has 16 heavy (non-hydrogen) atoms. The molecule has 82 valence electrons. The first-order valence-electron chi connectivity index (χ1n) is 5.47. The lowest BCUT2D eigenvalue weighted by Crippen LogP contribution is -2.34. The lowest BCUT2D eigenvalue weighted by atomic mass is 10.2. The minimum absolute atomic E-state index is 0.414. The molecule has 2 rings (SSSR count). The van der Waals surface area contributed by atoms with E-state index in [0.717, 1.165) is 12.1 Å². The zero-order valence-corrected chi connectivity index (χ0v) is 9.38. The average Bonchev–Trinajstić information content (AvgIpc) is 2.30. The molecule has 0 spiro atoms. The standard InChI is InChI=1S/C14H16NO/c1-12(16)14-8-5-9-15(11-14)10-13-6-3-2-4-7-13/h2-9,11-12,16H,10H2,1H3/q+1. The molecule has 0 saturated heterocycles. The summed E-state index contributed by atoms with van der Waals surface area (Å²) in [5.41, 5.74) is 2.20. The van der Waals surface area contributed by atoms with Gasteiger partial charge in [-0.1, -0.05) is 30.3 Å². The predicted molar refractivity (Wildman–Crippen MR) is 62.8 cm³/mol. The van der Waals surface area contributed by atoms with Crippen molar-refractivity contribution in [2.75, 3.05) is 0 Å². The van der Waals surface area contributed by atoms with Gasteiger partial charge in [-0.05, 0) is 13.0 Å². The number of aromatic nitrogens is 1. The van der Waals surface area contributed by atoms with Crippen LogP contribution < -0.4 is 4.57 Å². The Labute approximate surface area is 95.8 Å². The van der Waals surface area contributed by atoms with E-state index in [4.69, 9.17) is 0 Å². The van der Waals surface area contributed by atoms with Gasteiger partial charge in [0.2, 0.25) is 0 Å². The van der Waals surface area contributed by atoms with Crippen LogP contribution in [0, 0.1) is 0 Å². The highest BCUT2D eigenvalue weighted by Crippen LogP contribution is 2.08. The highest BCUT2D eigenvalue weighted by Gasteiger charge is 2.07. The monoisotopic (exact) mass is 214 g/mol. The minimum atomic E-state index is -0.414. The van der Waals surface area contributed by atoms with Crippen LogP contribution in [0.15, 0.2) is 54.9 Å². The van der Waals surface area contributed by atoms with Crippen LogP contribution in [-0.2, 0) is 6.54 Å². The van der Waals surface area contributed by atoms with Crippen molar-refractivity contribution in [1.29, 1.82) is 0 Å². The summed E-state index contributed by atoms with van der Waals surface area (Å²) in [6.07, 6.45) is 3.58. The molecule has 0 aliphatic carbocycles. The second-order valence-electron chi connectivity index (χ2n) is 3.97. The Bertz CT molecular complexity index is 451. The van der Waals surface area contributed by atoms with Crippen LogP contribution in [0.2, 0.25) is 0 Å². The molecule has 0 fully saturated rings. The SMILES string of the molecule is CC(O)c1ccc[n+](Cc2ccccc2)c1. The Kier molecular flexibility index (Phi) is 3.32. The molecule has 1 atom stereocenters. The molecule has 2 nitrogen and oxygen atoms in total. The Balaban J connectivity index is 2.19. The summed E-state index contributed by atoms with van der Waals surface area (Å²) >= 11 is 0. The number of benzene rings is 1. The number of rotatable bonds is 3.